The molecule has 0 aliphatic carbocycles. The van der Waals surface area contributed by atoms with E-state index in [1.165, 1.54) is 0 Å². The minimum atomic E-state index is 0.173. The number of halogens is 1. The van der Waals surface area contributed by atoms with Crippen molar-refractivity contribution in [3.8, 4) is 5.75 Å². The first-order valence-electron chi connectivity index (χ1n) is 4.64. The number of phenolic OH excluding ortho intramolecular Hbond substituents is 1. The van der Waals surface area contributed by atoms with E-state index in [1.807, 2.05) is 20.8 Å². The van der Waals surface area contributed by atoms with Crippen molar-refractivity contribution in [2.75, 3.05) is 6.61 Å². The van der Waals surface area contributed by atoms with E-state index in [4.69, 9.17) is 17.0 Å². The molecular weight excluding hydrogens is 276 g/mol. The molecule has 82 valence electrons. The maximum atomic E-state index is 9.81. The van der Waals surface area contributed by atoms with Crippen molar-refractivity contribution in [1.29, 1.82) is 0 Å². The highest BCUT2D eigenvalue weighted by molar-refractivity contribution is 9.10. The van der Waals surface area contributed by atoms with E-state index in [0.717, 1.165) is 15.6 Å². The van der Waals surface area contributed by atoms with Crippen LogP contribution in [-0.4, -0.2) is 16.8 Å². The van der Waals surface area contributed by atoms with Crippen LogP contribution in [0.5, 0.6) is 5.75 Å². The molecule has 0 aliphatic heterocycles. The number of benzene rings is 1. The van der Waals surface area contributed by atoms with Crippen molar-refractivity contribution in [2.45, 2.75) is 20.8 Å². The van der Waals surface area contributed by atoms with Gasteiger partial charge in [-0.1, -0.05) is 15.9 Å². The summed E-state index contributed by atoms with van der Waals surface area (Å²) in [5.74, 6) is 0.173. The summed E-state index contributed by atoms with van der Waals surface area (Å²) in [5.41, 5.74) is 2.49. The lowest BCUT2D eigenvalue weighted by atomic mass is 10.0. The second kappa shape index (κ2) is 4.94. The molecule has 0 atom stereocenters. The molecule has 0 spiro atoms. The SMILES string of the molecule is CCOC(=S)c1c(O)cc(C)c(Br)c1C. The van der Waals surface area contributed by atoms with E-state index in [2.05, 4.69) is 15.9 Å². The van der Waals surface area contributed by atoms with Crippen molar-refractivity contribution in [1.82, 2.24) is 0 Å². The number of ether oxygens (including phenoxy) is 1. The fourth-order valence-corrected chi connectivity index (χ4v) is 2.09. The Balaban J connectivity index is 3.29. The number of rotatable bonds is 2. The predicted octanol–water partition coefficient (Wildman–Crippen LogP) is 3.48. The molecular formula is C11H13BrO2S. The maximum absolute atomic E-state index is 9.81. The lowest BCUT2D eigenvalue weighted by molar-refractivity contribution is 0.335. The molecule has 1 N–H and O–H groups in total. The van der Waals surface area contributed by atoms with Gasteiger partial charge in [0.1, 0.15) is 5.75 Å². The topological polar surface area (TPSA) is 29.5 Å². The highest BCUT2D eigenvalue weighted by atomic mass is 79.9. The fourth-order valence-electron chi connectivity index (χ4n) is 1.40. The molecule has 0 aromatic heterocycles. The highest BCUT2D eigenvalue weighted by Gasteiger charge is 2.15. The van der Waals surface area contributed by atoms with Gasteiger partial charge in [0.05, 0.1) is 12.2 Å². The van der Waals surface area contributed by atoms with E-state index in [9.17, 15) is 5.11 Å². The summed E-state index contributed by atoms with van der Waals surface area (Å²) in [5, 5.41) is 10.1. The standard InChI is InChI=1S/C11H13BrO2S/c1-4-14-11(15)9-7(3)10(12)6(2)5-8(9)13/h5,13H,4H2,1-3H3. The molecule has 0 heterocycles. The molecule has 0 bridgehead atoms. The molecule has 0 saturated heterocycles. The average molecular weight is 289 g/mol. The smallest absolute Gasteiger partial charge is 0.195 e. The molecule has 1 rings (SSSR count). The Labute approximate surface area is 103 Å². The Morgan fingerprint density at radius 1 is 1.53 bits per heavy atom. The zero-order valence-electron chi connectivity index (χ0n) is 8.93. The quantitative estimate of drug-likeness (QED) is 0.845. The third kappa shape index (κ3) is 2.49. The maximum Gasteiger partial charge on any atom is 0.195 e. The van der Waals surface area contributed by atoms with Gasteiger partial charge in [0.15, 0.2) is 5.05 Å². The molecule has 0 saturated carbocycles. The second-order valence-electron chi connectivity index (χ2n) is 3.25. The predicted molar refractivity (Wildman–Crippen MR) is 68.6 cm³/mol. The fraction of sp³-hybridized carbons (Fsp3) is 0.364. The van der Waals surface area contributed by atoms with Crippen molar-refractivity contribution >= 4 is 33.2 Å². The summed E-state index contributed by atoms with van der Waals surface area (Å²) in [6.07, 6.45) is 0. The van der Waals surface area contributed by atoms with E-state index in [-0.39, 0.29) is 5.75 Å². The first-order chi connectivity index (χ1) is 6.99. The molecule has 1 aromatic rings. The molecule has 4 heteroatoms. The van der Waals surface area contributed by atoms with Crippen LogP contribution < -0.4 is 0 Å². The lowest BCUT2D eigenvalue weighted by Gasteiger charge is -2.13. The third-order valence-corrected chi connectivity index (χ3v) is 3.68. The summed E-state index contributed by atoms with van der Waals surface area (Å²) >= 11 is 8.55. The van der Waals surface area contributed by atoms with Gasteiger partial charge >= 0.3 is 0 Å². The van der Waals surface area contributed by atoms with E-state index >= 15 is 0 Å². The van der Waals surface area contributed by atoms with Gasteiger partial charge < -0.3 is 9.84 Å². The highest BCUT2D eigenvalue weighted by Crippen LogP contribution is 2.31. The second-order valence-corrected chi connectivity index (χ2v) is 4.41. The Hall–Kier alpha value is -0.610. The first kappa shape index (κ1) is 12.5. The van der Waals surface area contributed by atoms with Crippen LogP contribution in [0, 0.1) is 13.8 Å². The van der Waals surface area contributed by atoms with Gasteiger partial charge in [0, 0.05) is 4.47 Å². The number of aryl methyl sites for hydroxylation is 1. The Morgan fingerprint density at radius 2 is 2.13 bits per heavy atom. The molecule has 15 heavy (non-hydrogen) atoms. The normalized spacial score (nSPS) is 10.1. The zero-order valence-corrected chi connectivity index (χ0v) is 11.3. The summed E-state index contributed by atoms with van der Waals surface area (Å²) < 4.78 is 6.19. The van der Waals surface area contributed by atoms with E-state index in [1.54, 1.807) is 6.07 Å². The first-order valence-corrected chi connectivity index (χ1v) is 5.85. The van der Waals surface area contributed by atoms with Crippen LogP contribution in [0.1, 0.15) is 23.6 Å². The molecule has 2 nitrogen and oxygen atoms in total. The molecule has 0 radical (unpaired) electrons. The van der Waals surface area contributed by atoms with Gasteiger partial charge in [-0.25, -0.2) is 0 Å². The van der Waals surface area contributed by atoms with Gasteiger partial charge in [0.2, 0.25) is 0 Å². The molecule has 0 aliphatic rings. The number of phenols is 1. The lowest BCUT2D eigenvalue weighted by Crippen LogP contribution is -2.06. The Bertz CT molecular complexity index is 402. The van der Waals surface area contributed by atoms with Crippen LogP contribution >= 0.6 is 28.1 Å². The van der Waals surface area contributed by atoms with Crippen LogP contribution in [0.3, 0.4) is 0 Å². The molecule has 0 unspecified atom stereocenters. The monoisotopic (exact) mass is 288 g/mol. The van der Waals surface area contributed by atoms with Crippen molar-refractivity contribution in [3.63, 3.8) is 0 Å². The van der Waals surface area contributed by atoms with Crippen LogP contribution in [0.2, 0.25) is 0 Å². The van der Waals surface area contributed by atoms with Crippen molar-refractivity contribution < 1.29 is 9.84 Å². The van der Waals surface area contributed by atoms with E-state index < -0.39 is 0 Å². The van der Waals surface area contributed by atoms with Crippen molar-refractivity contribution in [3.05, 3.63) is 27.2 Å². The summed E-state index contributed by atoms with van der Waals surface area (Å²) in [6.45, 7) is 6.19. The number of hydrogen-bond donors (Lipinski definition) is 1. The van der Waals surface area contributed by atoms with Gasteiger partial charge in [-0.15, -0.1) is 0 Å². The number of thiocarbonyl (C=S) groups is 1. The minimum Gasteiger partial charge on any atom is -0.507 e. The largest absolute Gasteiger partial charge is 0.507 e. The number of aromatic hydroxyl groups is 1. The Kier molecular flexibility index (Phi) is 4.11. The van der Waals surface area contributed by atoms with Crippen LogP contribution in [0.4, 0.5) is 0 Å². The van der Waals surface area contributed by atoms with Gasteiger partial charge in [-0.3, -0.25) is 0 Å². The van der Waals surface area contributed by atoms with Gasteiger partial charge in [-0.2, -0.15) is 0 Å². The summed E-state index contributed by atoms with van der Waals surface area (Å²) in [4.78, 5) is 0. The zero-order chi connectivity index (χ0) is 11.6. The van der Waals surface area contributed by atoms with Gasteiger partial charge in [-0.05, 0) is 50.2 Å². The molecule has 1 aromatic carbocycles. The molecule has 0 amide bonds. The third-order valence-electron chi connectivity index (χ3n) is 2.14. The average Bonchev–Trinajstić information content (AvgIpc) is 2.15. The van der Waals surface area contributed by atoms with Crippen molar-refractivity contribution in [2.24, 2.45) is 0 Å². The molecule has 0 fully saturated rings. The van der Waals surface area contributed by atoms with Crippen LogP contribution in [-0.2, 0) is 4.74 Å². The summed E-state index contributed by atoms with van der Waals surface area (Å²) in [7, 11) is 0. The van der Waals surface area contributed by atoms with Crippen LogP contribution in [0.15, 0.2) is 10.5 Å². The van der Waals surface area contributed by atoms with Gasteiger partial charge in [0.25, 0.3) is 0 Å². The van der Waals surface area contributed by atoms with Crippen LogP contribution in [0.25, 0.3) is 0 Å². The Morgan fingerprint density at radius 3 is 2.67 bits per heavy atom. The van der Waals surface area contributed by atoms with E-state index in [0.29, 0.717) is 17.2 Å². The summed E-state index contributed by atoms with van der Waals surface area (Å²) in [6, 6.07) is 1.68. The minimum absolute atomic E-state index is 0.173. The number of hydrogen-bond acceptors (Lipinski definition) is 3.